The maximum atomic E-state index is 13.4. The van der Waals surface area contributed by atoms with Gasteiger partial charge in [0, 0.05) is 48.4 Å². The highest BCUT2D eigenvalue weighted by atomic mass is 16.6. The van der Waals surface area contributed by atoms with Crippen LogP contribution in [0.2, 0.25) is 0 Å². The van der Waals surface area contributed by atoms with E-state index in [1.165, 1.54) is 24.4 Å². The lowest BCUT2D eigenvalue weighted by Crippen LogP contribution is -2.38. The standard InChI is InChI=1S/C27H31N5O7/c1-17-22(26(34)38-13-11-29-25(33)20-8-6-10-28-16-20)24(19-7-5-9-21(15-19)32(36)37)23(18(2)30-17)27(35)39-14-12-31(3)4/h5-10,15-16,22,24H,11-14H2,1-4H3,(H,29,33)/t22?,24-/m0/s1. The number of hydrogen-bond donors (Lipinski definition) is 1. The number of ether oxygens (including phenoxy) is 2. The average molecular weight is 538 g/mol. The van der Waals surface area contributed by atoms with Gasteiger partial charge in [-0.25, -0.2) is 4.79 Å². The van der Waals surface area contributed by atoms with Crippen LogP contribution < -0.4 is 5.32 Å². The molecule has 2 aromatic rings. The third-order valence-corrected chi connectivity index (χ3v) is 6.07. The van der Waals surface area contributed by atoms with Crippen molar-refractivity contribution in [1.82, 2.24) is 15.2 Å². The van der Waals surface area contributed by atoms with E-state index in [0.717, 1.165) is 0 Å². The Morgan fingerprint density at radius 3 is 2.54 bits per heavy atom. The Hall–Kier alpha value is -4.45. The van der Waals surface area contributed by atoms with Crippen LogP contribution in [0.1, 0.15) is 35.7 Å². The number of pyridine rings is 1. The number of nitro groups is 1. The molecule has 2 heterocycles. The number of nitrogens with zero attached hydrogens (tertiary/aromatic N) is 4. The highest BCUT2D eigenvalue weighted by Gasteiger charge is 2.42. The van der Waals surface area contributed by atoms with E-state index in [1.807, 2.05) is 19.0 Å². The molecule has 1 aliphatic heterocycles. The third-order valence-electron chi connectivity index (χ3n) is 6.07. The molecule has 0 bridgehead atoms. The minimum Gasteiger partial charge on any atom is -0.463 e. The van der Waals surface area contributed by atoms with Crippen LogP contribution in [-0.2, 0) is 19.1 Å². The molecule has 1 aliphatic rings. The van der Waals surface area contributed by atoms with Crippen molar-refractivity contribution in [1.29, 1.82) is 0 Å². The molecule has 2 atom stereocenters. The Morgan fingerprint density at radius 2 is 1.87 bits per heavy atom. The number of benzene rings is 1. The lowest BCUT2D eigenvalue weighted by molar-refractivity contribution is -0.384. The first-order valence-corrected chi connectivity index (χ1v) is 12.3. The van der Waals surface area contributed by atoms with E-state index in [2.05, 4.69) is 15.3 Å². The zero-order valence-corrected chi connectivity index (χ0v) is 22.2. The monoisotopic (exact) mass is 537 g/mol. The molecular weight excluding hydrogens is 506 g/mol. The predicted octanol–water partition coefficient (Wildman–Crippen LogP) is 2.52. The number of amides is 1. The maximum absolute atomic E-state index is 13.4. The summed E-state index contributed by atoms with van der Waals surface area (Å²) in [6.45, 7) is 3.76. The topological polar surface area (TPSA) is 153 Å². The number of hydrogen-bond acceptors (Lipinski definition) is 10. The molecule has 0 fully saturated rings. The lowest BCUT2D eigenvalue weighted by Gasteiger charge is -2.31. The second-order valence-electron chi connectivity index (χ2n) is 9.16. The van der Waals surface area contributed by atoms with Gasteiger partial charge in [0.05, 0.1) is 22.6 Å². The molecule has 12 nitrogen and oxygen atoms in total. The molecule has 12 heteroatoms. The summed E-state index contributed by atoms with van der Waals surface area (Å²) in [5, 5.41) is 14.1. The van der Waals surface area contributed by atoms with E-state index in [1.54, 1.807) is 38.2 Å². The van der Waals surface area contributed by atoms with Crippen LogP contribution in [0, 0.1) is 16.0 Å². The van der Waals surface area contributed by atoms with E-state index >= 15 is 0 Å². The average Bonchev–Trinajstić information content (AvgIpc) is 2.90. The molecule has 206 valence electrons. The minimum absolute atomic E-state index is 0.0398. The Bertz CT molecular complexity index is 1290. The van der Waals surface area contributed by atoms with Gasteiger partial charge in [-0.05, 0) is 45.6 Å². The molecule has 1 N–H and O–H groups in total. The number of non-ortho nitro benzene ring substituents is 1. The van der Waals surface area contributed by atoms with E-state index in [0.29, 0.717) is 29.1 Å². The van der Waals surface area contributed by atoms with Crippen molar-refractivity contribution < 1.29 is 28.8 Å². The summed E-state index contributed by atoms with van der Waals surface area (Å²) in [7, 11) is 3.67. The van der Waals surface area contributed by atoms with Gasteiger partial charge in [0.2, 0.25) is 0 Å². The Kier molecular flexibility index (Phi) is 9.98. The van der Waals surface area contributed by atoms with Gasteiger partial charge in [0.15, 0.2) is 0 Å². The molecule has 0 saturated carbocycles. The first kappa shape index (κ1) is 29.1. The largest absolute Gasteiger partial charge is 0.463 e. The van der Waals surface area contributed by atoms with E-state index in [4.69, 9.17) is 9.47 Å². The summed E-state index contributed by atoms with van der Waals surface area (Å²) in [5.41, 5.74) is 1.43. The number of aromatic nitrogens is 1. The van der Waals surface area contributed by atoms with Gasteiger partial charge in [-0.3, -0.25) is 29.7 Å². The molecule has 0 radical (unpaired) electrons. The van der Waals surface area contributed by atoms with Crippen LogP contribution in [0.15, 0.2) is 65.1 Å². The smallest absolute Gasteiger partial charge is 0.336 e. The lowest BCUT2D eigenvalue weighted by atomic mass is 9.75. The normalized spacial score (nSPS) is 16.9. The summed E-state index contributed by atoms with van der Waals surface area (Å²) in [6.07, 6.45) is 2.97. The van der Waals surface area contributed by atoms with E-state index in [-0.39, 0.29) is 36.9 Å². The second-order valence-corrected chi connectivity index (χ2v) is 9.16. The number of nitro benzene ring substituents is 1. The summed E-state index contributed by atoms with van der Waals surface area (Å²) < 4.78 is 11.0. The Balaban J connectivity index is 1.84. The molecule has 3 rings (SSSR count). The molecule has 1 aromatic carbocycles. The number of rotatable bonds is 11. The summed E-state index contributed by atoms with van der Waals surface area (Å²) >= 11 is 0. The van der Waals surface area contributed by atoms with Crippen molar-refractivity contribution >= 4 is 29.2 Å². The van der Waals surface area contributed by atoms with Crippen molar-refractivity contribution in [2.75, 3.05) is 40.4 Å². The summed E-state index contributed by atoms with van der Waals surface area (Å²) in [5.74, 6) is -3.68. The van der Waals surface area contributed by atoms with Gasteiger partial charge in [-0.2, -0.15) is 0 Å². The van der Waals surface area contributed by atoms with Crippen LogP contribution in [0.5, 0.6) is 0 Å². The van der Waals surface area contributed by atoms with Crippen molar-refractivity contribution in [3.05, 3.63) is 81.3 Å². The highest BCUT2D eigenvalue weighted by Crippen LogP contribution is 2.41. The first-order chi connectivity index (χ1) is 18.6. The van der Waals surface area contributed by atoms with Gasteiger partial charge in [0.25, 0.3) is 11.6 Å². The van der Waals surface area contributed by atoms with Gasteiger partial charge in [-0.15, -0.1) is 0 Å². The summed E-state index contributed by atoms with van der Waals surface area (Å²) in [4.78, 5) is 59.9. The molecule has 1 amide bonds. The van der Waals surface area contributed by atoms with Crippen molar-refractivity contribution in [3.8, 4) is 0 Å². The van der Waals surface area contributed by atoms with Crippen LogP contribution >= 0.6 is 0 Å². The van der Waals surface area contributed by atoms with Gasteiger partial charge in [0.1, 0.15) is 19.1 Å². The fourth-order valence-electron chi connectivity index (χ4n) is 4.20. The highest BCUT2D eigenvalue weighted by molar-refractivity contribution is 6.07. The first-order valence-electron chi connectivity index (χ1n) is 12.3. The SMILES string of the molecule is CC1=NC(C)=C(C(=O)OCCN(C)C)[C@@H](c2cccc([N+](=O)[O-])c2)C1C(=O)OCCNC(=O)c1cccnc1. The predicted molar refractivity (Wildman–Crippen MR) is 142 cm³/mol. The molecule has 1 unspecified atom stereocenters. The van der Waals surface area contributed by atoms with Crippen molar-refractivity contribution in [2.45, 2.75) is 19.8 Å². The zero-order valence-electron chi connectivity index (χ0n) is 22.2. The quantitative estimate of drug-likeness (QED) is 0.197. The molecular formula is C27H31N5O7. The number of allylic oxidation sites excluding steroid dienone is 1. The van der Waals surface area contributed by atoms with Crippen molar-refractivity contribution in [2.24, 2.45) is 10.9 Å². The van der Waals surface area contributed by atoms with Crippen LogP contribution in [0.25, 0.3) is 0 Å². The number of carbonyl (C=O) groups is 3. The Labute approximate surface area is 225 Å². The van der Waals surface area contributed by atoms with Crippen LogP contribution in [0.4, 0.5) is 5.69 Å². The number of nitrogens with one attached hydrogen (secondary N) is 1. The number of likely N-dealkylation sites (N-methyl/N-ethyl adjacent to an activating group) is 1. The number of aliphatic imine (C=N–C) groups is 1. The van der Waals surface area contributed by atoms with Crippen LogP contribution in [0.3, 0.4) is 0 Å². The fraction of sp³-hybridized carbons (Fsp3) is 0.370. The zero-order chi connectivity index (χ0) is 28.5. The van der Waals surface area contributed by atoms with Gasteiger partial charge in [-0.1, -0.05) is 12.1 Å². The molecule has 0 aliphatic carbocycles. The number of carbonyl (C=O) groups excluding carboxylic acids is 3. The molecule has 0 spiro atoms. The third kappa shape index (κ3) is 7.54. The Morgan fingerprint density at radius 1 is 1.10 bits per heavy atom. The molecule has 0 saturated heterocycles. The van der Waals surface area contributed by atoms with Crippen molar-refractivity contribution in [3.63, 3.8) is 0 Å². The second kappa shape index (κ2) is 13.4. The van der Waals surface area contributed by atoms with E-state index in [9.17, 15) is 24.5 Å². The molecule has 1 aromatic heterocycles. The fourth-order valence-corrected chi connectivity index (χ4v) is 4.20. The number of esters is 2. The van der Waals surface area contributed by atoms with Gasteiger partial charge >= 0.3 is 11.9 Å². The van der Waals surface area contributed by atoms with E-state index < -0.39 is 28.7 Å². The summed E-state index contributed by atoms with van der Waals surface area (Å²) in [6, 6.07) is 9.01. The van der Waals surface area contributed by atoms with Gasteiger partial charge < -0.3 is 19.7 Å². The molecule has 39 heavy (non-hydrogen) atoms. The maximum Gasteiger partial charge on any atom is 0.336 e. The van der Waals surface area contributed by atoms with Crippen LogP contribution in [-0.4, -0.2) is 78.8 Å². The minimum atomic E-state index is -1.04.